The summed E-state index contributed by atoms with van der Waals surface area (Å²) in [5.41, 5.74) is 3.69. The molecule has 1 aromatic heterocycles. The molecule has 1 atom stereocenters. The van der Waals surface area contributed by atoms with Gasteiger partial charge in [0.1, 0.15) is 5.00 Å². The summed E-state index contributed by atoms with van der Waals surface area (Å²) in [5, 5.41) is 15.7. The third-order valence-electron chi connectivity index (χ3n) is 6.26. The molecule has 2 aliphatic heterocycles. The summed E-state index contributed by atoms with van der Waals surface area (Å²) in [4.78, 5) is 28.8. The highest BCUT2D eigenvalue weighted by Crippen LogP contribution is 2.46. The molecule has 0 aliphatic carbocycles. The molecule has 0 saturated carbocycles. The Morgan fingerprint density at radius 2 is 2.09 bits per heavy atom. The Morgan fingerprint density at radius 3 is 2.79 bits per heavy atom. The number of anilines is 1. The van der Waals surface area contributed by atoms with Crippen molar-refractivity contribution in [3.8, 4) is 0 Å². The molecule has 0 radical (unpaired) electrons. The lowest BCUT2D eigenvalue weighted by molar-refractivity contribution is -0.384. The van der Waals surface area contributed by atoms with Gasteiger partial charge in [0.25, 0.3) is 5.69 Å². The molecule has 0 spiro atoms. The molecule has 2 aliphatic rings. The average molecular weight is 472 g/mol. The van der Waals surface area contributed by atoms with Crippen molar-refractivity contribution in [3.05, 3.63) is 62.5 Å². The predicted octanol–water partition coefficient (Wildman–Crippen LogP) is 3.24. The molecular weight excluding hydrogens is 442 g/mol. The number of hydrogen-bond donors (Lipinski definition) is 1. The Balaban J connectivity index is 1.72. The third-order valence-corrected chi connectivity index (χ3v) is 7.07. The zero-order chi connectivity index (χ0) is 23.5. The molecule has 2 aromatic rings. The lowest BCUT2D eigenvalue weighted by Gasteiger charge is -2.32. The minimum atomic E-state index is -0.471. The van der Waals surface area contributed by atoms with E-state index in [1.807, 2.05) is 13.0 Å². The van der Waals surface area contributed by atoms with E-state index in [1.54, 1.807) is 19.1 Å². The average Bonchev–Trinajstić information content (AvgIpc) is 3.20. The van der Waals surface area contributed by atoms with Crippen LogP contribution in [0.3, 0.4) is 0 Å². The van der Waals surface area contributed by atoms with Crippen LogP contribution >= 0.6 is 11.5 Å². The van der Waals surface area contributed by atoms with E-state index in [0.717, 1.165) is 55.4 Å². The van der Waals surface area contributed by atoms with Crippen LogP contribution in [0, 0.1) is 10.1 Å². The van der Waals surface area contributed by atoms with E-state index in [-0.39, 0.29) is 12.3 Å². The number of carbonyl (C=O) groups is 1. The summed E-state index contributed by atoms with van der Waals surface area (Å²) < 4.78 is 10.1. The number of esters is 1. The van der Waals surface area contributed by atoms with E-state index in [0.29, 0.717) is 16.8 Å². The highest BCUT2D eigenvalue weighted by Gasteiger charge is 2.37. The highest BCUT2D eigenvalue weighted by atomic mass is 32.1. The number of nitro groups is 1. The number of aromatic nitrogens is 1. The fourth-order valence-electron chi connectivity index (χ4n) is 4.46. The summed E-state index contributed by atoms with van der Waals surface area (Å²) >= 11 is 1.37. The zero-order valence-electron chi connectivity index (χ0n) is 19.2. The molecule has 33 heavy (non-hydrogen) atoms. The van der Waals surface area contributed by atoms with E-state index < -0.39 is 16.8 Å². The van der Waals surface area contributed by atoms with Crippen LogP contribution in [0.1, 0.15) is 36.6 Å². The number of carbonyl (C=O) groups excluding carboxylic acids is 1. The number of piperazine rings is 1. The standard InChI is InChI=1S/C23H29N5O4S/c1-4-32-23(29)19-15(2)24-22-21(20(19)16-6-5-7-17(14-16)28(30)31)18(25-33-22)8-9-27-12-10-26(3)11-13-27/h5-7,14,20,24H,4,8-13H2,1-3H3. The van der Waals surface area contributed by atoms with Crippen LogP contribution in [0.4, 0.5) is 10.7 Å². The Morgan fingerprint density at radius 1 is 1.33 bits per heavy atom. The number of nitrogens with one attached hydrogen (secondary N) is 1. The van der Waals surface area contributed by atoms with Gasteiger partial charge in [0.05, 0.1) is 22.8 Å². The van der Waals surface area contributed by atoms with Crippen LogP contribution in [0.2, 0.25) is 0 Å². The van der Waals surface area contributed by atoms with Gasteiger partial charge >= 0.3 is 5.97 Å². The first kappa shape index (κ1) is 23.3. The molecule has 3 heterocycles. The fourth-order valence-corrected chi connectivity index (χ4v) is 5.39. The van der Waals surface area contributed by atoms with Gasteiger partial charge in [-0.2, -0.15) is 4.37 Å². The van der Waals surface area contributed by atoms with Crippen molar-refractivity contribution >= 4 is 28.2 Å². The second kappa shape index (κ2) is 9.98. The molecule has 1 fully saturated rings. The van der Waals surface area contributed by atoms with Crippen LogP contribution in [-0.2, 0) is 16.0 Å². The summed E-state index contributed by atoms with van der Waals surface area (Å²) in [6.45, 7) is 8.86. The minimum Gasteiger partial charge on any atom is -0.463 e. The molecule has 1 saturated heterocycles. The smallest absolute Gasteiger partial charge is 0.336 e. The molecule has 0 bridgehead atoms. The van der Waals surface area contributed by atoms with E-state index in [4.69, 9.17) is 9.11 Å². The number of benzene rings is 1. The Hall–Kier alpha value is -2.82. The maximum atomic E-state index is 13.0. The molecule has 1 N–H and O–H groups in total. The first-order valence-corrected chi connectivity index (χ1v) is 11.9. The second-order valence-electron chi connectivity index (χ2n) is 8.44. The van der Waals surface area contributed by atoms with Crippen molar-refractivity contribution in [3.63, 3.8) is 0 Å². The van der Waals surface area contributed by atoms with Gasteiger partial charge in [-0.15, -0.1) is 0 Å². The summed E-state index contributed by atoms with van der Waals surface area (Å²) in [6, 6.07) is 6.51. The predicted molar refractivity (Wildman–Crippen MR) is 128 cm³/mol. The highest BCUT2D eigenvalue weighted by molar-refractivity contribution is 7.10. The molecule has 4 rings (SSSR count). The lowest BCUT2D eigenvalue weighted by atomic mass is 9.81. The van der Waals surface area contributed by atoms with Crippen LogP contribution in [0.5, 0.6) is 0 Å². The number of nitrogens with zero attached hydrogens (tertiary/aromatic N) is 4. The van der Waals surface area contributed by atoms with Crippen LogP contribution in [0.25, 0.3) is 0 Å². The van der Waals surface area contributed by atoms with Gasteiger partial charge in [-0.05, 0) is 38.0 Å². The number of hydrogen-bond acceptors (Lipinski definition) is 9. The SMILES string of the molecule is CCOC(=O)C1=C(C)Nc2snc(CCN3CCN(C)CC3)c2C1c1cccc([N+](=O)[O-])c1. The van der Waals surface area contributed by atoms with E-state index in [2.05, 4.69) is 22.2 Å². The van der Waals surface area contributed by atoms with E-state index in [1.165, 1.54) is 17.6 Å². The maximum absolute atomic E-state index is 13.0. The summed E-state index contributed by atoms with van der Waals surface area (Å²) in [7, 11) is 2.13. The maximum Gasteiger partial charge on any atom is 0.336 e. The van der Waals surface area contributed by atoms with Gasteiger partial charge in [-0.3, -0.25) is 10.1 Å². The minimum absolute atomic E-state index is 0.00406. The van der Waals surface area contributed by atoms with Crippen LogP contribution in [0.15, 0.2) is 35.5 Å². The topological polar surface area (TPSA) is 101 Å². The van der Waals surface area contributed by atoms with Gasteiger partial charge in [0.2, 0.25) is 0 Å². The molecule has 9 nitrogen and oxygen atoms in total. The lowest BCUT2D eigenvalue weighted by Crippen LogP contribution is -2.45. The zero-order valence-corrected chi connectivity index (χ0v) is 20.0. The first-order valence-electron chi connectivity index (χ1n) is 11.2. The van der Waals surface area contributed by atoms with Crippen LogP contribution in [-0.4, -0.2) is 71.4 Å². The van der Waals surface area contributed by atoms with Crippen molar-refractivity contribution in [2.45, 2.75) is 26.2 Å². The quantitative estimate of drug-likeness (QED) is 0.373. The van der Waals surface area contributed by atoms with Gasteiger partial charge in [-0.25, -0.2) is 4.79 Å². The fraction of sp³-hybridized carbons (Fsp3) is 0.478. The molecule has 1 aromatic carbocycles. The Kier molecular flexibility index (Phi) is 7.06. The van der Waals surface area contributed by atoms with Crippen molar-refractivity contribution in [1.29, 1.82) is 0 Å². The molecule has 0 amide bonds. The Labute approximate surface area is 197 Å². The van der Waals surface area contributed by atoms with E-state index in [9.17, 15) is 14.9 Å². The van der Waals surface area contributed by atoms with Crippen molar-refractivity contribution in [2.75, 3.05) is 51.7 Å². The molecular formula is C23H29N5O4S. The van der Waals surface area contributed by atoms with Crippen LogP contribution < -0.4 is 5.32 Å². The molecule has 10 heteroatoms. The second-order valence-corrected chi connectivity index (χ2v) is 9.21. The third kappa shape index (κ3) is 4.92. The van der Waals surface area contributed by atoms with Gasteiger partial charge in [0.15, 0.2) is 0 Å². The normalized spacial score (nSPS) is 19.2. The van der Waals surface area contributed by atoms with Crippen molar-refractivity contribution < 1.29 is 14.5 Å². The number of non-ortho nitro benzene ring substituents is 1. The number of likely N-dealkylation sites (N-methyl/N-ethyl adjacent to an activating group) is 1. The largest absolute Gasteiger partial charge is 0.463 e. The first-order chi connectivity index (χ1) is 15.9. The molecule has 1 unspecified atom stereocenters. The number of allylic oxidation sites excluding steroid dienone is 1. The van der Waals surface area contributed by atoms with Gasteiger partial charge in [0, 0.05) is 68.5 Å². The van der Waals surface area contributed by atoms with E-state index >= 15 is 0 Å². The summed E-state index contributed by atoms with van der Waals surface area (Å²) in [6.07, 6.45) is 0.748. The van der Waals surface area contributed by atoms with Gasteiger partial charge in [-0.1, -0.05) is 12.1 Å². The van der Waals surface area contributed by atoms with Crippen molar-refractivity contribution in [2.24, 2.45) is 0 Å². The number of rotatable bonds is 7. The summed E-state index contributed by atoms with van der Waals surface area (Å²) in [5.74, 6) is -0.887. The monoisotopic (exact) mass is 471 g/mol. The van der Waals surface area contributed by atoms with Gasteiger partial charge < -0.3 is 19.9 Å². The number of fused-ring (bicyclic) bond motifs is 1. The van der Waals surface area contributed by atoms with Crippen molar-refractivity contribution in [1.82, 2.24) is 14.2 Å². The number of nitro benzene ring substituents is 1. The number of ether oxygens (including phenoxy) is 1. The Bertz CT molecular complexity index is 1070. The molecule has 176 valence electrons.